The Balaban J connectivity index is 1.80. The number of benzene rings is 1. The van der Waals surface area contributed by atoms with Crippen molar-refractivity contribution in [2.45, 2.75) is 6.54 Å². The van der Waals surface area contributed by atoms with Crippen LogP contribution in [0, 0.1) is 0 Å². The molecule has 2 aromatic heterocycles. The molecule has 0 fully saturated rings. The molecular formula is C12H10N4OS. The van der Waals surface area contributed by atoms with Crippen LogP contribution in [-0.4, -0.2) is 21.1 Å². The van der Waals surface area contributed by atoms with Crippen LogP contribution in [0.25, 0.3) is 10.9 Å². The van der Waals surface area contributed by atoms with Crippen molar-refractivity contribution in [1.82, 2.24) is 20.5 Å². The maximum absolute atomic E-state index is 12.0. The molecule has 2 N–H and O–H groups in total. The van der Waals surface area contributed by atoms with Gasteiger partial charge in [-0.2, -0.15) is 5.10 Å². The van der Waals surface area contributed by atoms with Crippen LogP contribution in [0.2, 0.25) is 0 Å². The molecule has 0 atom stereocenters. The quantitative estimate of drug-likeness (QED) is 0.754. The molecule has 0 unspecified atom stereocenters. The number of carbonyl (C=O) groups is 1. The molecule has 6 heteroatoms. The van der Waals surface area contributed by atoms with Crippen LogP contribution < -0.4 is 5.32 Å². The van der Waals surface area contributed by atoms with Gasteiger partial charge in [-0.05, 0) is 6.07 Å². The van der Waals surface area contributed by atoms with Crippen LogP contribution >= 0.6 is 11.3 Å². The van der Waals surface area contributed by atoms with Crippen molar-refractivity contribution < 1.29 is 4.79 Å². The van der Waals surface area contributed by atoms with Crippen LogP contribution in [0.3, 0.4) is 0 Å². The fourth-order valence-electron chi connectivity index (χ4n) is 1.72. The molecule has 0 saturated heterocycles. The molecule has 3 aromatic rings. The van der Waals surface area contributed by atoms with Gasteiger partial charge in [0.2, 0.25) is 0 Å². The number of carbonyl (C=O) groups excluding carboxylic acids is 1. The third-order valence-corrected chi connectivity index (χ3v) is 3.37. The van der Waals surface area contributed by atoms with E-state index in [1.165, 1.54) is 11.3 Å². The van der Waals surface area contributed by atoms with Gasteiger partial charge >= 0.3 is 0 Å². The Bertz CT molecular complexity index is 674. The number of nitrogens with zero attached hydrogens (tertiary/aromatic N) is 2. The Morgan fingerprint density at radius 1 is 1.39 bits per heavy atom. The van der Waals surface area contributed by atoms with Crippen molar-refractivity contribution in [1.29, 1.82) is 0 Å². The van der Waals surface area contributed by atoms with Gasteiger partial charge in [0.1, 0.15) is 0 Å². The summed E-state index contributed by atoms with van der Waals surface area (Å²) in [6.45, 7) is 0.477. The Morgan fingerprint density at radius 3 is 3.11 bits per heavy atom. The molecule has 0 saturated carbocycles. The van der Waals surface area contributed by atoms with Crippen LogP contribution in [0.5, 0.6) is 0 Å². The fraction of sp³-hybridized carbons (Fsp3) is 0.0833. The second-order valence-electron chi connectivity index (χ2n) is 3.77. The minimum Gasteiger partial charge on any atom is -0.346 e. The van der Waals surface area contributed by atoms with Gasteiger partial charge in [0.15, 0.2) is 5.69 Å². The summed E-state index contributed by atoms with van der Waals surface area (Å²) < 4.78 is 0. The molecule has 90 valence electrons. The van der Waals surface area contributed by atoms with E-state index in [1.54, 1.807) is 11.7 Å². The Morgan fingerprint density at radius 2 is 2.28 bits per heavy atom. The maximum Gasteiger partial charge on any atom is 0.272 e. The number of H-pyrrole nitrogens is 1. The van der Waals surface area contributed by atoms with Gasteiger partial charge in [0.05, 0.1) is 17.6 Å². The van der Waals surface area contributed by atoms with Crippen molar-refractivity contribution in [2.24, 2.45) is 0 Å². The molecule has 1 amide bonds. The number of rotatable bonds is 3. The molecule has 5 nitrogen and oxygen atoms in total. The lowest BCUT2D eigenvalue weighted by atomic mass is 10.2. The van der Waals surface area contributed by atoms with E-state index in [1.807, 2.05) is 24.3 Å². The fourth-order valence-corrected chi connectivity index (χ4v) is 2.25. The van der Waals surface area contributed by atoms with Gasteiger partial charge < -0.3 is 5.32 Å². The van der Waals surface area contributed by atoms with E-state index in [2.05, 4.69) is 20.5 Å². The first kappa shape index (κ1) is 10.9. The number of hydrogen-bond donors (Lipinski definition) is 2. The molecule has 0 aliphatic rings. The van der Waals surface area contributed by atoms with E-state index in [0.717, 1.165) is 15.8 Å². The van der Waals surface area contributed by atoms with Gasteiger partial charge in [0, 0.05) is 16.5 Å². The lowest BCUT2D eigenvalue weighted by molar-refractivity contribution is 0.0948. The normalized spacial score (nSPS) is 10.7. The SMILES string of the molecule is O=C(NCc1cncs1)c1n[nH]c2ccccc12. The number of nitrogens with one attached hydrogen (secondary N) is 2. The zero-order chi connectivity index (χ0) is 12.4. The third kappa shape index (κ3) is 1.98. The molecule has 1 aromatic carbocycles. The predicted molar refractivity (Wildman–Crippen MR) is 69.4 cm³/mol. The van der Waals surface area contributed by atoms with Crippen molar-refractivity contribution in [3.8, 4) is 0 Å². The molecule has 0 aliphatic carbocycles. The van der Waals surface area contributed by atoms with E-state index in [4.69, 9.17) is 0 Å². The van der Waals surface area contributed by atoms with Crippen LogP contribution in [0.15, 0.2) is 36.0 Å². The molecule has 0 aliphatic heterocycles. The molecule has 0 bridgehead atoms. The van der Waals surface area contributed by atoms with Crippen LogP contribution in [0.1, 0.15) is 15.4 Å². The summed E-state index contributed by atoms with van der Waals surface area (Å²) in [7, 11) is 0. The minimum absolute atomic E-state index is 0.180. The number of amides is 1. The summed E-state index contributed by atoms with van der Waals surface area (Å²) in [5.74, 6) is -0.180. The zero-order valence-electron chi connectivity index (χ0n) is 9.38. The van der Waals surface area contributed by atoms with Gasteiger partial charge in [0.25, 0.3) is 5.91 Å². The van der Waals surface area contributed by atoms with Gasteiger partial charge in [-0.25, -0.2) is 0 Å². The second-order valence-corrected chi connectivity index (χ2v) is 4.74. The van der Waals surface area contributed by atoms with Gasteiger partial charge in [-0.15, -0.1) is 11.3 Å². The van der Waals surface area contributed by atoms with Crippen molar-refractivity contribution >= 4 is 28.1 Å². The highest BCUT2D eigenvalue weighted by molar-refractivity contribution is 7.09. The summed E-state index contributed by atoms with van der Waals surface area (Å²) in [6.07, 6.45) is 1.74. The molecule has 3 rings (SSSR count). The van der Waals surface area contributed by atoms with Crippen LogP contribution in [0.4, 0.5) is 0 Å². The average Bonchev–Trinajstić information content (AvgIpc) is 3.05. The Labute approximate surface area is 107 Å². The highest BCUT2D eigenvalue weighted by atomic mass is 32.1. The first-order valence-electron chi connectivity index (χ1n) is 5.43. The summed E-state index contributed by atoms with van der Waals surface area (Å²) in [5, 5.41) is 10.5. The minimum atomic E-state index is -0.180. The number of aromatic amines is 1. The maximum atomic E-state index is 12.0. The number of fused-ring (bicyclic) bond motifs is 1. The summed E-state index contributed by atoms with van der Waals surface area (Å²) in [5.41, 5.74) is 3.03. The first-order chi connectivity index (χ1) is 8.84. The van der Waals surface area contributed by atoms with E-state index in [0.29, 0.717) is 12.2 Å². The zero-order valence-corrected chi connectivity index (χ0v) is 10.2. The van der Waals surface area contributed by atoms with Gasteiger partial charge in [-0.3, -0.25) is 14.9 Å². The molecule has 0 spiro atoms. The van der Waals surface area contributed by atoms with E-state index < -0.39 is 0 Å². The Hall–Kier alpha value is -2.21. The smallest absolute Gasteiger partial charge is 0.272 e. The number of thiazole rings is 1. The van der Waals surface area contributed by atoms with E-state index >= 15 is 0 Å². The van der Waals surface area contributed by atoms with E-state index in [-0.39, 0.29) is 5.91 Å². The lowest BCUT2D eigenvalue weighted by Gasteiger charge is -2.00. The van der Waals surface area contributed by atoms with Gasteiger partial charge in [-0.1, -0.05) is 18.2 Å². The highest BCUT2D eigenvalue weighted by Gasteiger charge is 2.13. The summed E-state index contributed by atoms with van der Waals surface area (Å²) >= 11 is 1.51. The van der Waals surface area contributed by atoms with Crippen molar-refractivity contribution in [3.05, 3.63) is 46.5 Å². The molecule has 18 heavy (non-hydrogen) atoms. The third-order valence-electron chi connectivity index (χ3n) is 2.59. The number of aromatic nitrogens is 3. The predicted octanol–water partition coefficient (Wildman–Crippen LogP) is 1.95. The molecular weight excluding hydrogens is 248 g/mol. The molecule has 2 heterocycles. The summed E-state index contributed by atoms with van der Waals surface area (Å²) in [6, 6.07) is 7.56. The van der Waals surface area contributed by atoms with E-state index in [9.17, 15) is 4.79 Å². The lowest BCUT2D eigenvalue weighted by Crippen LogP contribution is -2.22. The largest absolute Gasteiger partial charge is 0.346 e. The molecule has 0 radical (unpaired) electrons. The Kier molecular flexibility index (Phi) is 2.77. The van der Waals surface area contributed by atoms with Crippen LogP contribution in [-0.2, 0) is 6.54 Å². The average molecular weight is 258 g/mol. The summed E-state index contributed by atoms with van der Waals surface area (Å²) in [4.78, 5) is 17.0. The number of hydrogen-bond acceptors (Lipinski definition) is 4. The highest BCUT2D eigenvalue weighted by Crippen LogP contribution is 2.15. The second kappa shape index (κ2) is 4.58. The monoisotopic (exact) mass is 258 g/mol. The standard InChI is InChI=1S/C12H10N4OS/c17-12(14-6-8-5-13-7-18-8)11-9-3-1-2-4-10(9)15-16-11/h1-5,7H,6H2,(H,14,17)(H,15,16). The first-order valence-corrected chi connectivity index (χ1v) is 6.31. The van der Waals surface area contributed by atoms with Crippen molar-refractivity contribution in [2.75, 3.05) is 0 Å². The van der Waals surface area contributed by atoms with Crippen molar-refractivity contribution in [3.63, 3.8) is 0 Å². The number of para-hydroxylation sites is 1. The topological polar surface area (TPSA) is 70.7 Å².